The number of anilines is 2. The van der Waals surface area contributed by atoms with Crippen molar-refractivity contribution in [2.45, 2.75) is 33.6 Å². The highest BCUT2D eigenvalue weighted by Crippen LogP contribution is 2.25. The maximum Gasteiger partial charge on any atom is 0.573 e. The van der Waals surface area contributed by atoms with Gasteiger partial charge < -0.3 is 20.1 Å². The predicted molar refractivity (Wildman–Crippen MR) is 106 cm³/mol. The summed E-state index contributed by atoms with van der Waals surface area (Å²) in [7, 11) is 0. The lowest BCUT2D eigenvalue weighted by Gasteiger charge is -2.19. The highest BCUT2D eigenvalue weighted by molar-refractivity contribution is 5.90. The zero-order chi connectivity index (χ0) is 21.5. The molecule has 29 heavy (non-hydrogen) atoms. The Labute approximate surface area is 168 Å². The third kappa shape index (κ3) is 9.23. The number of halogens is 3. The second kappa shape index (κ2) is 9.54. The summed E-state index contributed by atoms with van der Waals surface area (Å²) in [4.78, 5) is 12.0. The van der Waals surface area contributed by atoms with Crippen LogP contribution in [0, 0.1) is 5.41 Å². The van der Waals surface area contributed by atoms with E-state index in [0.717, 1.165) is 24.4 Å². The van der Waals surface area contributed by atoms with Crippen LogP contribution >= 0.6 is 0 Å². The molecule has 0 bridgehead atoms. The third-order valence-electron chi connectivity index (χ3n) is 3.63. The number of alkyl halides is 3. The Morgan fingerprint density at radius 3 is 2.28 bits per heavy atom. The minimum atomic E-state index is -4.78. The van der Waals surface area contributed by atoms with Gasteiger partial charge in [0.05, 0.1) is 13.0 Å². The van der Waals surface area contributed by atoms with Crippen molar-refractivity contribution in [1.82, 2.24) is 0 Å². The maximum absolute atomic E-state index is 12.3. The van der Waals surface area contributed by atoms with E-state index in [4.69, 9.17) is 4.74 Å². The molecule has 0 unspecified atom stereocenters. The van der Waals surface area contributed by atoms with Crippen molar-refractivity contribution in [3.63, 3.8) is 0 Å². The number of nitrogens with one attached hydrogen (secondary N) is 2. The fourth-order valence-electron chi connectivity index (χ4n) is 2.29. The van der Waals surface area contributed by atoms with Crippen LogP contribution in [0.4, 0.5) is 24.5 Å². The molecule has 0 fully saturated rings. The van der Waals surface area contributed by atoms with Gasteiger partial charge in [-0.25, -0.2) is 0 Å². The lowest BCUT2D eigenvalue weighted by Crippen LogP contribution is -2.18. The number of carbonyl (C=O) groups is 1. The third-order valence-corrected chi connectivity index (χ3v) is 3.63. The van der Waals surface area contributed by atoms with Crippen LogP contribution in [-0.4, -0.2) is 25.4 Å². The molecule has 0 aromatic heterocycles. The molecular formula is C21H25F3N2O3. The average molecular weight is 410 g/mol. The minimum Gasteiger partial charge on any atom is -0.493 e. The summed E-state index contributed by atoms with van der Waals surface area (Å²) in [6.45, 7) is 7.40. The Morgan fingerprint density at radius 2 is 1.66 bits per heavy atom. The lowest BCUT2D eigenvalue weighted by atomic mass is 9.97. The zero-order valence-corrected chi connectivity index (χ0v) is 16.6. The molecule has 5 nitrogen and oxygen atoms in total. The summed E-state index contributed by atoms with van der Waals surface area (Å²) < 4.78 is 46.1. The molecular weight excluding hydrogens is 385 g/mol. The second-order valence-corrected chi connectivity index (χ2v) is 7.66. The highest BCUT2D eigenvalue weighted by atomic mass is 19.4. The molecule has 0 radical (unpaired) electrons. The van der Waals surface area contributed by atoms with Gasteiger partial charge >= 0.3 is 6.36 Å². The van der Waals surface area contributed by atoms with Crippen LogP contribution in [0.5, 0.6) is 11.5 Å². The molecule has 2 aromatic rings. The first-order chi connectivity index (χ1) is 13.5. The van der Waals surface area contributed by atoms with E-state index in [2.05, 4.69) is 36.1 Å². The average Bonchev–Trinajstić information content (AvgIpc) is 2.59. The quantitative estimate of drug-likeness (QED) is 0.608. The normalized spacial score (nSPS) is 11.7. The molecule has 2 N–H and O–H groups in total. The number of hydrogen-bond donors (Lipinski definition) is 2. The van der Waals surface area contributed by atoms with Gasteiger partial charge in [-0.15, -0.1) is 13.2 Å². The molecule has 0 aliphatic heterocycles. The Morgan fingerprint density at radius 1 is 0.966 bits per heavy atom. The molecule has 0 saturated heterocycles. The van der Waals surface area contributed by atoms with Crippen molar-refractivity contribution in [3.8, 4) is 11.5 Å². The van der Waals surface area contributed by atoms with Crippen LogP contribution in [-0.2, 0) is 4.79 Å². The molecule has 0 atom stereocenters. The maximum atomic E-state index is 12.3. The Hall–Kier alpha value is -2.90. The van der Waals surface area contributed by atoms with E-state index in [9.17, 15) is 18.0 Å². The van der Waals surface area contributed by atoms with Gasteiger partial charge in [0.25, 0.3) is 0 Å². The summed E-state index contributed by atoms with van der Waals surface area (Å²) >= 11 is 0. The fourth-order valence-corrected chi connectivity index (χ4v) is 2.29. The summed E-state index contributed by atoms with van der Waals surface area (Å²) in [6.07, 6.45) is -4.73. The molecule has 158 valence electrons. The monoisotopic (exact) mass is 410 g/mol. The largest absolute Gasteiger partial charge is 0.573 e. The van der Waals surface area contributed by atoms with E-state index in [-0.39, 0.29) is 30.0 Å². The lowest BCUT2D eigenvalue weighted by molar-refractivity contribution is -0.274. The van der Waals surface area contributed by atoms with Crippen LogP contribution in [0.3, 0.4) is 0 Å². The van der Waals surface area contributed by atoms with E-state index >= 15 is 0 Å². The van der Waals surface area contributed by atoms with Crippen LogP contribution in [0.2, 0.25) is 0 Å². The molecule has 0 heterocycles. The number of carbonyl (C=O) groups excluding carboxylic acids is 1. The molecule has 8 heteroatoms. The van der Waals surface area contributed by atoms with Crippen LogP contribution < -0.4 is 20.1 Å². The van der Waals surface area contributed by atoms with Gasteiger partial charge in [-0.05, 0) is 41.8 Å². The van der Waals surface area contributed by atoms with Gasteiger partial charge in [0.15, 0.2) is 0 Å². The van der Waals surface area contributed by atoms with Crippen molar-refractivity contribution in [2.24, 2.45) is 5.41 Å². The van der Waals surface area contributed by atoms with Gasteiger partial charge in [0, 0.05) is 24.0 Å². The first kappa shape index (κ1) is 22.4. The minimum absolute atomic E-state index is 0.0500. The summed E-state index contributed by atoms with van der Waals surface area (Å²) in [6, 6.07) is 12.5. The summed E-state index contributed by atoms with van der Waals surface area (Å²) in [5, 5.41) is 5.85. The van der Waals surface area contributed by atoms with Crippen molar-refractivity contribution in [2.75, 3.05) is 23.8 Å². The van der Waals surface area contributed by atoms with Crippen LogP contribution in [0.1, 0.15) is 27.2 Å². The standard InChI is InChI=1S/C21H25F3N2O3/c1-20(2,3)14-25-15-7-9-17(10-8-15)28-12-11-19(27)26-16-5-4-6-18(13-16)29-21(22,23)24/h4-10,13,25H,11-12,14H2,1-3H3,(H,26,27). The number of benzene rings is 2. The zero-order valence-electron chi connectivity index (χ0n) is 16.6. The topological polar surface area (TPSA) is 59.6 Å². The predicted octanol–water partition coefficient (Wildman–Crippen LogP) is 5.45. The molecule has 2 aromatic carbocycles. The van der Waals surface area contributed by atoms with Crippen molar-refractivity contribution >= 4 is 17.3 Å². The van der Waals surface area contributed by atoms with E-state index in [1.807, 2.05) is 12.1 Å². The number of amides is 1. The Kier molecular flexibility index (Phi) is 7.36. The molecule has 0 saturated carbocycles. The SMILES string of the molecule is CC(C)(C)CNc1ccc(OCCC(=O)Nc2cccc(OC(F)(F)F)c2)cc1. The van der Waals surface area contributed by atoms with Crippen molar-refractivity contribution in [3.05, 3.63) is 48.5 Å². The Balaban J connectivity index is 1.76. The van der Waals surface area contributed by atoms with Gasteiger partial charge in [-0.2, -0.15) is 0 Å². The van der Waals surface area contributed by atoms with Crippen molar-refractivity contribution < 1.29 is 27.4 Å². The molecule has 1 amide bonds. The molecule has 0 spiro atoms. The van der Waals surface area contributed by atoms with Crippen LogP contribution in [0.15, 0.2) is 48.5 Å². The fraction of sp³-hybridized carbons (Fsp3) is 0.381. The molecule has 0 aliphatic carbocycles. The van der Waals surface area contributed by atoms with Gasteiger partial charge in [-0.3, -0.25) is 4.79 Å². The molecule has 0 aliphatic rings. The van der Waals surface area contributed by atoms with E-state index in [1.54, 1.807) is 12.1 Å². The Bertz CT molecular complexity index is 800. The first-order valence-corrected chi connectivity index (χ1v) is 9.13. The molecule has 2 rings (SSSR count). The first-order valence-electron chi connectivity index (χ1n) is 9.13. The van der Waals surface area contributed by atoms with Crippen molar-refractivity contribution in [1.29, 1.82) is 0 Å². The smallest absolute Gasteiger partial charge is 0.493 e. The van der Waals surface area contributed by atoms with E-state index < -0.39 is 12.1 Å². The number of hydrogen-bond acceptors (Lipinski definition) is 4. The van der Waals surface area contributed by atoms with Gasteiger partial charge in [-0.1, -0.05) is 26.8 Å². The summed E-state index contributed by atoms with van der Waals surface area (Å²) in [5.41, 5.74) is 1.36. The van der Waals surface area contributed by atoms with E-state index in [1.165, 1.54) is 12.1 Å². The number of rotatable bonds is 8. The second-order valence-electron chi connectivity index (χ2n) is 7.66. The van der Waals surface area contributed by atoms with E-state index in [0.29, 0.717) is 5.75 Å². The van der Waals surface area contributed by atoms with Gasteiger partial charge in [0.2, 0.25) is 5.91 Å². The highest BCUT2D eigenvalue weighted by Gasteiger charge is 2.31. The number of ether oxygens (including phenoxy) is 2. The summed E-state index contributed by atoms with van der Waals surface area (Å²) in [5.74, 6) is -0.149. The van der Waals surface area contributed by atoms with Crippen LogP contribution in [0.25, 0.3) is 0 Å². The van der Waals surface area contributed by atoms with Gasteiger partial charge in [0.1, 0.15) is 11.5 Å².